The van der Waals surface area contributed by atoms with Gasteiger partial charge in [0.15, 0.2) is 0 Å². The van der Waals surface area contributed by atoms with Crippen LogP contribution < -0.4 is 10.1 Å². The van der Waals surface area contributed by atoms with Crippen molar-refractivity contribution in [2.45, 2.75) is 46.3 Å². The summed E-state index contributed by atoms with van der Waals surface area (Å²) >= 11 is 0. The van der Waals surface area contributed by atoms with Crippen LogP contribution in [0.5, 0.6) is 5.75 Å². The molecule has 1 aromatic carbocycles. The van der Waals surface area contributed by atoms with Crippen LogP contribution in [-0.4, -0.2) is 43.3 Å². The lowest BCUT2D eigenvalue weighted by molar-refractivity contribution is 0.0706. The van der Waals surface area contributed by atoms with E-state index in [1.165, 1.54) is 6.07 Å². The summed E-state index contributed by atoms with van der Waals surface area (Å²) < 4.78 is 25.0. The molecule has 1 aromatic rings. The fourth-order valence-corrected chi connectivity index (χ4v) is 2.75. The Morgan fingerprint density at radius 3 is 2.88 bits per heavy atom. The minimum Gasteiger partial charge on any atom is -0.494 e. The van der Waals surface area contributed by atoms with Crippen LogP contribution in [0.15, 0.2) is 18.2 Å². The molecule has 1 N–H and O–H groups in total. The summed E-state index contributed by atoms with van der Waals surface area (Å²) in [5.41, 5.74) is 0.332. The minimum atomic E-state index is -0.392. The van der Waals surface area contributed by atoms with E-state index in [4.69, 9.17) is 9.47 Å². The number of piperazine rings is 1. The first-order valence-electron chi connectivity index (χ1n) is 9.06. The average Bonchev–Trinajstić information content (AvgIpc) is 2.61. The second-order valence-corrected chi connectivity index (χ2v) is 6.80. The Morgan fingerprint density at radius 2 is 2.19 bits per heavy atom. The molecule has 0 saturated carbocycles. The Bertz CT molecular complexity index is 572. The van der Waals surface area contributed by atoms with Crippen molar-refractivity contribution >= 4 is 18.5 Å². The Hall–Kier alpha value is -1.53. The normalized spacial score (nSPS) is 17.0. The van der Waals surface area contributed by atoms with E-state index in [1.807, 2.05) is 6.92 Å². The van der Waals surface area contributed by atoms with E-state index in [1.54, 1.807) is 17.0 Å². The summed E-state index contributed by atoms with van der Waals surface area (Å²) in [6, 6.07) is 4.69. The fourth-order valence-electron chi connectivity index (χ4n) is 2.75. The average molecular weight is 389 g/mol. The lowest BCUT2D eigenvalue weighted by Crippen LogP contribution is -2.53. The summed E-state index contributed by atoms with van der Waals surface area (Å²) in [5.74, 6) is 0.754. The first-order valence-corrected chi connectivity index (χ1v) is 9.06. The van der Waals surface area contributed by atoms with Gasteiger partial charge in [-0.1, -0.05) is 20.8 Å². The number of hydrogen-bond donors (Lipinski definition) is 1. The zero-order valence-electron chi connectivity index (χ0n) is 15.8. The molecule has 5 nitrogen and oxygen atoms in total. The maximum absolute atomic E-state index is 14.0. The van der Waals surface area contributed by atoms with Gasteiger partial charge in [0.25, 0.3) is 0 Å². The van der Waals surface area contributed by atoms with Crippen LogP contribution in [0.1, 0.15) is 39.2 Å². The van der Waals surface area contributed by atoms with Gasteiger partial charge in [-0.05, 0) is 37.0 Å². The molecule has 2 rings (SSSR count). The van der Waals surface area contributed by atoms with Gasteiger partial charge in [0.1, 0.15) is 18.2 Å². The van der Waals surface area contributed by atoms with E-state index in [-0.39, 0.29) is 31.1 Å². The second kappa shape index (κ2) is 11.2. The van der Waals surface area contributed by atoms with Crippen molar-refractivity contribution in [2.75, 3.05) is 26.2 Å². The smallest absolute Gasteiger partial charge is 0.410 e. The minimum absolute atomic E-state index is 0. The molecule has 1 heterocycles. The molecule has 1 atom stereocenters. The highest BCUT2D eigenvalue weighted by Crippen LogP contribution is 2.19. The molecule has 0 aromatic heterocycles. The molecule has 1 amide bonds. The van der Waals surface area contributed by atoms with Crippen LogP contribution in [0.4, 0.5) is 9.18 Å². The second-order valence-electron chi connectivity index (χ2n) is 6.80. The van der Waals surface area contributed by atoms with Crippen LogP contribution in [0.3, 0.4) is 0 Å². The van der Waals surface area contributed by atoms with Gasteiger partial charge in [-0.25, -0.2) is 9.18 Å². The molecule has 148 valence electrons. The van der Waals surface area contributed by atoms with Crippen molar-refractivity contribution in [1.82, 2.24) is 10.2 Å². The number of nitrogens with one attached hydrogen (secondary N) is 1. The van der Waals surface area contributed by atoms with Crippen molar-refractivity contribution in [3.8, 4) is 5.75 Å². The third kappa shape index (κ3) is 6.65. The Morgan fingerprint density at radius 1 is 1.42 bits per heavy atom. The number of nitrogens with zero attached hydrogens (tertiary/aromatic N) is 1. The molecule has 7 heteroatoms. The maximum atomic E-state index is 14.0. The van der Waals surface area contributed by atoms with Crippen molar-refractivity contribution in [1.29, 1.82) is 0 Å². The van der Waals surface area contributed by atoms with Crippen molar-refractivity contribution in [3.63, 3.8) is 0 Å². The van der Waals surface area contributed by atoms with Crippen molar-refractivity contribution in [2.24, 2.45) is 5.92 Å². The SMILES string of the molecule is CC[C@@H]1CNCCN1C(=O)OCc1cc(OCCC(C)C)ccc1F.Cl. The third-order valence-corrected chi connectivity index (χ3v) is 4.39. The van der Waals surface area contributed by atoms with Crippen LogP contribution in [0, 0.1) is 11.7 Å². The summed E-state index contributed by atoms with van der Waals surface area (Å²) in [6.07, 6.45) is 1.40. The summed E-state index contributed by atoms with van der Waals surface area (Å²) in [6.45, 7) is 8.90. The van der Waals surface area contributed by atoms with E-state index in [0.717, 1.165) is 25.9 Å². The molecule has 0 spiro atoms. The number of amides is 1. The van der Waals surface area contributed by atoms with Gasteiger partial charge in [-0.15, -0.1) is 12.4 Å². The molecule has 26 heavy (non-hydrogen) atoms. The van der Waals surface area contributed by atoms with E-state index in [9.17, 15) is 9.18 Å². The topological polar surface area (TPSA) is 50.8 Å². The van der Waals surface area contributed by atoms with Gasteiger partial charge in [0.05, 0.1) is 6.61 Å². The van der Waals surface area contributed by atoms with Gasteiger partial charge in [0, 0.05) is 31.2 Å². The molecule has 0 bridgehead atoms. The highest BCUT2D eigenvalue weighted by Gasteiger charge is 2.26. The quantitative estimate of drug-likeness (QED) is 0.767. The molecule has 0 unspecified atom stereocenters. The van der Waals surface area contributed by atoms with Gasteiger partial charge in [-0.2, -0.15) is 0 Å². The number of benzene rings is 1. The lowest BCUT2D eigenvalue weighted by atomic mass is 10.1. The van der Waals surface area contributed by atoms with Crippen LogP contribution >= 0.6 is 12.4 Å². The van der Waals surface area contributed by atoms with E-state index < -0.39 is 5.82 Å². The Balaban J connectivity index is 0.00000338. The maximum Gasteiger partial charge on any atom is 0.410 e. The number of halogens is 2. The molecular weight excluding hydrogens is 359 g/mol. The standard InChI is InChI=1S/C19H29FN2O3.ClH/c1-4-16-12-21-8-9-22(16)19(23)25-13-15-11-17(5-6-18(15)20)24-10-7-14(2)3;/h5-6,11,14,16,21H,4,7-10,12-13H2,1-3H3;1H/t16-;/m1./s1. The number of hydrogen-bond acceptors (Lipinski definition) is 4. The predicted octanol–water partition coefficient (Wildman–Crippen LogP) is 3.99. The Kier molecular flexibility index (Phi) is 9.73. The molecule has 0 radical (unpaired) electrons. The molecule has 1 aliphatic heterocycles. The fraction of sp³-hybridized carbons (Fsp3) is 0.632. The number of carbonyl (C=O) groups is 1. The zero-order chi connectivity index (χ0) is 18.2. The van der Waals surface area contributed by atoms with Crippen LogP contribution in [0.25, 0.3) is 0 Å². The highest BCUT2D eigenvalue weighted by molar-refractivity contribution is 5.85. The van der Waals surface area contributed by atoms with E-state index >= 15 is 0 Å². The third-order valence-electron chi connectivity index (χ3n) is 4.39. The van der Waals surface area contributed by atoms with Gasteiger partial charge in [0.2, 0.25) is 0 Å². The Labute approximate surface area is 161 Å². The molecule has 1 aliphatic rings. The molecule has 1 saturated heterocycles. The monoisotopic (exact) mass is 388 g/mol. The van der Waals surface area contributed by atoms with Crippen molar-refractivity contribution < 1.29 is 18.7 Å². The molecule has 1 fully saturated rings. The first-order chi connectivity index (χ1) is 12.0. The summed E-state index contributed by atoms with van der Waals surface area (Å²) in [4.78, 5) is 14.0. The van der Waals surface area contributed by atoms with Gasteiger partial charge in [-0.3, -0.25) is 0 Å². The van der Waals surface area contributed by atoms with Crippen LogP contribution in [0.2, 0.25) is 0 Å². The van der Waals surface area contributed by atoms with Gasteiger partial charge < -0.3 is 19.7 Å². The molecule has 0 aliphatic carbocycles. The highest BCUT2D eigenvalue weighted by atomic mass is 35.5. The molecular formula is C19H30ClFN2O3. The first kappa shape index (κ1) is 22.5. The van der Waals surface area contributed by atoms with E-state index in [0.29, 0.717) is 30.4 Å². The largest absolute Gasteiger partial charge is 0.494 e. The number of ether oxygens (including phenoxy) is 2. The lowest BCUT2D eigenvalue weighted by Gasteiger charge is -2.34. The number of carbonyl (C=O) groups excluding carboxylic acids is 1. The summed E-state index contributed by atoms with van der Waals surface area (Å²) in [7, 11) is 0. The van der Waals surface area contributed by atoms with E-state index in [2.05, 4.69) is 19.2 Å². The predicted molar refractivity (Wildman–Crippen MR) is 102 cm³/mol. The van der Waals surface area contributed by atoms with Crippen molar-refractivity contribution in [3.05, 3.63) is 29.6 Å². The summed E-state index contributed by atoms with van der Waals surface area (Å²) in [5, 5.41) is 3.26. The zero-order valence-corrected chi connectivity index (χ0v) is 16.6. The number of rotatable bonds is 7. The van der Waals surface area contributed by atoms with Gasteiger partial charge >= 0.3 is 6.09 Å². The van der Waals surface area contributed by atoms with Crippen LogP contribution in [-0.2, 0) is 11.3 Å².